The molecule has 0 aliphatic carbocycles. The van der Waals surface area contributed by atoms with Gasteiger partial charge in [0.2, 0.25) is 0 Å². The molecule has 1 amide bonds. The molecule has 0 spiro atoms. The molecule has 1 atom stereocenters. The number of carbonyl (C=O) groups is 1. The molecule has 7 heteroatoms. The summed E-state index contributed by atoms with van der Waals surface area (Å²) in [5.41, 5.74) is 3.71. The maximum atomic E-state index is 12.7. The van der Waals surface area contributed by atoms with Crippen LogP contribution in [0.25, 0.3) is 0 Å². The van der Waals surface area contributed by atoms with Crippen LogP contribution in [0.15, 0.2) is 75.0 Å². The molecule has 2 aliphatic heterocycles. The molecule has 3 rings (SSSR count). The second-order valence-electron chi connectivity index (χ2n) is 8.13. The number of pyridine rings is 1. The van der Waals surface area contributed by atoms with Crippen molar-refractivity contribution in [1.82, 2.24) is 15.6 Å². The molecule has 1 aromatic rings. The molecule has 1 aromatic heterocycles. The molecule has 0 fully saturated rings. The highest BCUT2D eigenvalue weighted by atomic mass is 35.5. The lowest BCUT2D eigenvalue weighted by Gasteiger charge is -2.13. The second kappa shape index (κ2) is 12.9. The molecule has 6 nitrogen and oxygen atoms in total. The lowest BCUT2D eigenvalue weighted by molar-refractivity contribution is 0.0957. The van der Waals surface area contributed by atoms with Crippen LogP contribution >= 0.6 is 11.6 Å². The van der Waals surface area contributed by atoms with Crippen LogP contribution in [-0.4, -0.2) is 42.6 Å². The molecule has 0 bridgehead atoms. The Hall–Kier alpha value is -2.99. The van der Waals surface area contributed by atoms with Crippen LogP contribution in [0.2, 0.25) is 0 Å². The Morgan fingerprint density at radius 1 is 1.33 bits per heavy atom. The van der Waals surface area contributed by atoms with Gasteiger partial charge < -0.3 is 10.6 Å². The zero-order valence-corrected chi connectivity index (χ0v) is 20.1. The first kappa shape index (κ1) is 24.6. The Kier molecular flexibility index (Phi) is 9.63. The van der Waals surface area contributed by atoms with Gasteiger partial charge >= 0.3 is 0 Å². The molecule has 0 saturated carbocycles. The molecular weight excluding hydrogens is 434 g/mol. The highest BCUT2D eigenvalue weighted by Crippen LogP contribution is 2.17. The average Bonchev–Trinajstić information content (AvgIpc) is 3.25. The summed E-state index contributed by atoms with van der Waals surface area (Å²) in [6.07, 6.45) is 17.2. The number of hydrogen-bond donors (Lipinski definition) is 2. The van der Waals surface area contributed by atoms with Gasteiger partial charge in [-0.2, -0.15) is 0 Å². The number of amidine groups is 1. The normalized spacial score (nSPS) is 22.9. The Balaban J connectivity index is 1.54. The molecule has 2 aliphatic rings. The van der Waals surface area contributed by atoms with Crippen LogP contribution in [0.4, 0.5) is 0 Å². The standard InChI is InChI=1S/C26H32ClN5O/c1-3-21-10-15-30-25(21)32-19(2)9-13-31-26(33)22-11-14-29-24(17-22)16-20-6-4-8-23(27)18-28-12-5-7-20/h3-4,6,8-9,11,14,17-18,20H,5,7,10,12-13,15-16H2,1-2H3,(H,30,32)(H,31,33)/b6-4+,19-9+,21-3+,23-8+,28-18?. The van der Waals surface area contributed by atoms with Gasteiger partial charge in [-0.05, 0) is 75.3 Å². The van der Waals surface area contributed by atoms with E-state index in [0.29, 0.717) is 23.1 Å². The van der Waals surface area contributed by atoms with Crippen LogP contribution in [0, 0.1) is 5.92 Å². The van der Waals surface area contributed by atoms with Crippen LogP contribution in [0.5, 0.6) is 0 Å². The van der Waals surface area contributed by atoms with E-state index in [1.165, 1.54) is 5.57 Å². The fourth-order valence-electron chi connectivity index (χ4n) is 3.76. The lowest BCUT2D eigenvalue weighted by Crippen LogP contribution is -2.26. The van der Waals surface area contributed by atoms with E-state index in [9.17, 15) is 4.79 Å². The maximum Gasteiger partial charge on any atom is 0.251 e. The molecule has 0 radical (unpaired) electrons. The molecule has 0 aromatic carbocycles. The summed E-state index contributed by atoms with van der Waals surface area (Å²) in [5, 5.41) is 6.91. The zero-order valence-electron chi connectivity index (χ0n) is 19.4. The SMILES string of the molecule is C/C=C1\CCN=C1N/C(C)=C/CNC(=O)c1ccnc(CC2/C=C/C=C(/Cl)C=NCCC2)c1. The Bertz CT molecular complexity index is 1020. The summed E-state index contributed by atoms with van der Waals surface area (Å²) in [7, 11) is 0. The molecule has 174 valence electrons. The molecule has 2 N–H and O–H groups in total. The van der Waals surface area contributed by atoms with Crippen LogP contribution < -0.4 is 10.6 Å². The summed E-state index contributed by atoms with van der Waals surface area (Å²) >= 11 is 6.09. The van der Waals surface area contributed by atoms with Gasteiger partial charge in [0.15, 0.2) is 0 Å². The summed E-state index contributed by atoms with van der Waals surface area (Å²) in [6.45, 7) is 6.02. The fourth-order valence-corrected chi connectivity index (χ4v) is 3.90. The molecule has 33 heavy (non-hydrogen) atoms. The summed E-state index contributed by atoms with van der Waals surface area (Å²) < 4.78 is 0. The molecule has 0 saturated heterocycles. The third kappa shape index (κ3) is 8.13. The Morgan fingerprint density at radius 2 is 2.21 bits per heavy atom. The summed E-state index contributed by atoms with van der Waals surface area (Å²) in [5.74, 6) is 1.14. The number of amides is 1. The average molecular weight is 466 g/mol. The van der Waals surface area contributed by atoms with E-state index in [1.54, 1.807) is 18.5 Å². The molecule has 3 heterocycles. The Labute approximate surface area is 201 Å². The van der Waals surface area contributed by atoms with Crippen LogP contribution in [0.3, 0.4) is 0 Å². The first-order valence-electron chi connectivity index (χ1n) is 11.5. The topological polar surface area (TPSA) is 78.7 Å². The maximum absolute atomic E-state index is 12.7. The number of nitrogens with one attached hydrogen (secondary N) is 2. The zero-order chi connectivity index (χ0) is 23.5. The number of aromatic nitrogens is 1. The monoisotopic (exact) mass is 465 g/mol. The fraction of sp³-hybridized carbons (Fsp3) is 0.385. The highest BCUT2D eigenvalue weighted by molar-refractivity contribution is 6.39. The molecule has 1 unspecified atom stereocenters. The van der Waals surface area contributed by atoms with Crippen molar-refractivity contribution < 1.29 is 4.79 Å². The number of hydrogen-bond acceptors (Lipinski definition) is 5. The van der Waals surface area contributed by atoms with Gasteiger partial charge in [-0.15, -0.1) is 0 Å². The van der Waals surface area contributed by atoms with E-state index < -0.39 is 0 Å². The number of carbonyl (C=O) groups excluding carboxylic acids is 1. The first-order valence-corrected chi connectivity index (χ1v) is 11.8. The van der Waals surface area contributed by atoms with E-state index in [0.717, 1.165) is 56.0 Å². The largest absolute Gasteiger partial charge is 0.348 e. The van der Waals surface area contributed by atoms with Gasteiger partial charge in [0.05, 0.1) is 5.03 Å². The van der Waals surface area contributed by atoms with Crippen molar-refractivity contribution in [3.63, 3.8) is 0 Å². The lowest BCUT2D eigenvalue weighted by atomic mass is 9.96. The van der Waals surface area contributed by atoms with Crippen molar-refractivity contribution in [2.45, 2.75) is 39.5 Å². The van der Waals surface area contributed by atoms with Gasteiger partial charge in [0.25, 0.3) is 5.91 Å². The van der Waals surface area contributed by atoms with Gasteiger partial charge in [-0.1, -0.05) is 29.8 Å². The van der Waals surface area contributed by atoms with Gasteiger partial charge in [-0.3, -0.25) is 19.8 Å². The number of allylic oxidation sites excluding steroid dienone is 6. The first-order chi connectivity index (χ1) is 16.0. The van der Waals surface area contributed by atoms with Crippen molar-refractivity contribution in [2.24, 2.45) is 15.9 Å². The predicted octanol–water partition coefficient (Wildman–Crippen LogP) is 4.76. The minimum atomic E-state index is -0.111. The van der Waals surface area contributed by atoms with Gasteiger partial charge in [0, 0.05) is 49.0 Å². The van der Waals surface area contributed by atoms with Crippen molar-refractivity contribution in [1.29, 1.82) is 0 Å². The predicted molar refractivity (Wildman–Crippen MR) is 137 cm³/mol. The highest BCUT2D eigenvalue weighted by Gasteiger charge is 2.13. The van der Waals surface area contributed by atoms with E-state index in [2.05, 4.69) is 37.8 Å². The number of aliphatic imine (C=N–C) groups is 2. The van der Waals surface area contributed by atoms with Crippen molar-refractivity contribution >= 4 is 29.6 Å². The second-order valence-corrected chi connectivity index (χ2v) is 8.57. The summed E-state index contributed by atoms with van der Waals surface area (Å²) in [6, 6.07) is 3.63. The van der Waals surface area contributed by atoms with Gasteiger partial charge in [-0.25, -0.2) is 0 Å². The quantitative estimate of drug-likeness (QED) is 0.636. The van der Waals surface area contributed by atoms with Gasteiger partial charge in [0.1, 0.15) is 5.84 Å². The number of nitrogens with zero attached hydrogens (tertiary/aromatic N) is 3. The minimum Gasteiger partial charge on any atom is -0.348 e. The minimum absolute atomic E-state index is 0.111. The van der Waals surface area contributed by atoms with Crippen molar-refractivity contribution in [3.8, 4) is 0 Å². The molecular formula is C26H32ClN5O. The summed E-state index contributed by atoms with van der Waals surface area (Å²) in [4.78, 5) is 25.9. The number of rotatable bonds is 6. The van der Waals surface area contributed by atoms with E-state index in [1.807, 2.05) is 38.1 Å². The third-order valence-corrected chi connectivity index (χ3v) is 5.78. The van der Waals surface area contributed by atoms with E-state index in [-0.39, 0.29) is 5.91 Å². The van der Waals surface area contributed by atoms with Crippen LogP contribution in [0.1, 0.15) is 49.2 Å². The van der Waals surface area contributed by atoms with Crippen molar-refractivity contribution in [2.75, 3.05) is 19.6 Å². The van der Waals surface area contributed by atoms with Crippen LogP contribution in [-0.2, 0) is 6.42 Å². The van der Waals surface area contributed by atoms with E-state index in [4.69, 9.17) is 11.6 Å². The van der Waals surface area contributed by atoms with E-state index >= 15 is 0 Å². The third-order valence-electron chi connectivity index (χ3n) is 5.56. The smallest absolute Gasteiger partial charge is 0.251 e. The number of halogens is 1. The Morgan fingerprint density at radius 3 is 3.06 bits per heavy atom. The van der Waals surface area contributed by atoms with Crippen molar-refractivity contribution in [3.05, 3.63) is 76.3 Å².